The van der Waals surface area contributed by atoms with Crippen molar-refractivity contribution in [3.05, 3.63) is 29.1 Å². The topological polar surface area (TPSA) is 52.3 Å². The van der Waals surface area contributed by atoms with E-state index in [-0.39, 0.29) is 11.3 Å². The lowest BCUT2D eigenvalue weighted by Gasteiger charge is -2.06. The van der Waals surface area contributed by atoms with Crippen molar-refractivity contribution in [2.75, 3.05) is 12.8 Å². The van der Waals surface area contributed by atoms with E-state index in [4.69, 9.17) is 5.73 Å². The molecule has 14 heavy (non-hydrogen) atoms. The van der Waals surface area contributed by atoms with Crippen LogP contribution in [0.1, 0.15) is 22.8 Å². The van der Waals surface area contributed by atoms with Gasteiger partial charge in [-0.25, -0.2) is 9.18 Å². The summed E-state index contributed by atoms with van der Waals surface area (Å²) >= 11 is 0. The molecule has 0 amide bonds. The number of methoxy groups -OCH3 is 1. The van der Waals surface area contributed by atoms with Gasteiger partial charge in [0.05, 0.1) is 7.11 Å². The smallest absolute Gasteiger partial charge is 0.342 e. The molecule has 0 aliphatic rings. The SMILES string of the molecule is CCc1cc(N)c(C(=O)OC)c(F)c1. The number of rotatable bonds is 2. The average molecular weight is 197 g/mol. The third-order valence-corrected chi connectivity index (χ3v) is 1.98. The fourth-order valence-electron chi connectivity index (χ4n) is 1.21. The molecule has 2 N–H and O–H groups in total. The summed E-state index contributed by atoms with van der Waals surface area (Å²) in [4.78, 5) is 11.1. The third-order valence-electron chi connectivity index (χ3n) is 1.98. The highest BCUT2D eigenvalue weighted by Crippen LogP contribution is 2.19. The number of anilines is 1. The maximum atomic E-state index is 13.4. The number of nitrogen functional groups attached to an aromatic ring is 1. The van der Waals surface area contributed by atoms with E-state index in [2.05, 4.69) is 4.74 Å². The third kappa shape index (κ3) is 1.84. The fraction of sp³-hybridized carbons (Fsp3) is 0.300. The lowest BCUT2D eigenvalue weighted by atomic mass is 10.1. The predicted octanol–water partition coefficient (Wildman–Crippen LogP) is 1.76. The molecule has 0 radical (unpaired) electrons. The van der Waals surface area contributed by atoms with Gasteiger partial charge in [-0.1, -0.05) is 6.92 Å². The van der Waals surface area contributed by atoms with Crippen LogP contribution in [-0.4, -0.2) is 13.1 Å². The summed E-state index contributed by atoms with van der Waals surface area (Å²) in [5, 5.41) is 0. The number of halogens is 1. The van der Waals surface area contributed by atoms with Crippen LogP contribution in [0.5, 0.6) is 0 Å². The van der Waals surface area contributed by atoms with Gasteiger partial charge >= 0.3 is 5.97 Å². The van der Waals surface area contributed by atoms with Crippen molar-refractivity contribution in [3.8, 4) is 0 Å². The molecule has 1 aromatic rings. The second-order valence-electron chi connectivity index (χ2n) is 2.89. The Balaban J connectivity index is 3.25. The van der Waals surface area contributed by atoms with Crippen molar-refractivity contribution in [2.45, 2.75) is 13.3 Å². The summed E-state index contributed by atoms with van der Waals surface area (Å²) < 4.78 is 17.8. The highest BCUT2D eigenvalue weighted by Gasteiger charge is 2.16. The van der Waals surface area contributed by atoms with Gasteiger partial charge in [0, 0.05) is 5.69 Å². The van der Waals surface area contributed by atoms with Gasteiger partial charge in [0.1, 0.15) is 11.4 Å². The van der Waals surface area contributed by atoms with Crippen molar-refractivity contribution in [1.82, 2.24) is 0 Å². The summed E-state index contributed by atoms with van der Waals surface area (Å²) in [5.41, 5.74) is 6.22. The van der Waals surface area contributed by atoms with Gasteiger partial charge in [-0.2, -0.15) is 0 Å². The first-order valence-corrected chi connectivity index (χ1v) is 4.26. The van der Waals surface area contributed by atoms with E-state index in [9.17, 15) is 9.18 Å². The van der Waals surface area contributed by atoms with Crippen LogP contribution < -0.4 is 5.73 Å². The Labute approximate surface area is 81.7 Å². The lowest BCUT2D eigenvalue weighted by molar-refractivity contribution is 0.0597. The molecule has 1 aromatic carbocycles. The number of esters is 1. The Morgan fingerprint density at radius 3 is 2.64 bits per heavy atom. The van der Waals surface area contributed by atoms with Crippen molar-refractivity contribution in [1.29, 1.82) is 0 Å². The Bertz CT molecular complexity index is 340. The molecule has 0 heterocycles. The molecule has 0 atom stereocenters. The molecule has 0 fully saturated rings. The summed E-state index contributed by atoms with van der Waals surface area (Å²) in [6.45, 7) is 1.88. The molecule has 0 saturated heterocycles. The summed E-state index contributed by atoms with van der Waals surface area (Å²) in [7, 11) is 1.19. The first kappa shape index (κ1) is 10.5. The summed E-state index contributed by atoms with van der Waals surface area (Å²) in [6, 6.07) is 2.87. The van der Waals surface area contributed by atoms with Gasteiger partial charge in [0.15, 0.2) is 0 Å². The number of ether oxygens (including phenoxy) is 1. The van der Waals surface area contributed by atoms with E-state index in [1.54, 1.807) is 6.07 Å². The zero-order chi connectivity index (χ0) is 10.7. The maximum Gasteiger partial charge on any atom is 0.342 e. The van der Waals surface area contributed by atoms with Crippen molar-refractivity contribution >= 4 is 11.7 Å². The first-order chi connectivity index (χ1) is 6.60. The highest BCUT2D eigenvalue weighted by atomic mass is 19.1. The highest BCUT2D eigenvalue weighted by molar-refractivity contribution is 5.95. The van der Waals surface area contributed by atoms with Gasteiger partial charge in [0.25, 0.3) is 0 Å². The molecule has 3 nitrogen and oxygen atoms in total. The number of nitrogens with two attached hydrogens (primary N) is 1. The van der Waals surface area contributed by atoms with Gasteiger partial charge in [-0.05, 0) is 24.1 Å². The van der Waals surface area contributed by atoms with Crippen LogP contribution in [0, 0.1) is 5.82 Å². The molecular weight excluding hydrogens is 185 g/mol. The van der Waals surface area contributed by atoms with Crippen molar-refractivity contribution in [2.24, 2.45) is 0 Å². The molecule has 0 saturated carbocycles. The van der Waals surface area contributed by atoms with E-state index in [1.165, 1.54) is 13.2 Å². The molecule has 0 aliphatic heterocycles. The summed E-state index contributed by atoms with van der Waals surface area (Å²) in [5.74, 6) is -1.38. The minimum atomic E-state index is -0.748. The number of hydrogen-bond donors (Lipinski definition) is 1. The molecule has 76 valence electrons. The molecule has 0 unspecified atom stereocenters. The number of benzene rings is 1. The van der Waals surface area contributed by atoms with E-state index >= 15 is 0 Å². The maximum absolute atomic E-state index is 13.4. The van der Waals surface area contributed by atoms with Gasteiger partial charge in [-0.3, -0.25) is 0 Å². The van der Waals surface area contributed by atoms with Gasteiger partial charge in [-0.15, -0.1) is 0 Å². The van der Waals surface area contributed by atoms with Gasteiger partial charge < -0.3 is 10.5 Å². The van der Waals surface area contributed by atoms with E-state index in [0.29, 0.717) is 6.42 Å². The molecule has 1 rings (SSSR count). The Morgan fingerprint density at radius 2 is 2.21 bits per heavy atom. The molecule has 0 aliphatic carbocycles. The van der Waals surface area contributed by atoms with E-state index in [0.717, 1.165) is 5.56 Å². The number of aryl methyl sites for hydroxylation is 1. The molecule has 4 heteroatoms. The minimum absolute atomic E-state index is 0.119. The average Bonchev–Trinajstić information content (AvgIpc) is 2.16. The van der Waals surface area contributed by atoms with Crippen LogP contribution in [0.4, 0.5) is 10.1 Å². The Morgan fingerprint density at radius 1 is 1.57 bits per heavy atom. The second kappa shape index (κ2) is 4.09. The van der Waals surface area contributed by atoms with Crippen LogP contribution in [0.25, 0.3) is 0 Å². The number of carbonyl (C=O) groups excluding carboxylic acids is 1. The Hall–Kier alpha value is -1.58. The summed E-state index contributed by atoms with van der Waals surface area (Å²) in [6.07, 6.45) is 0.669. The first-order valence-electron chi connectivity index (χ1n) is 4.26. The zero-order valence-electron chi connectivity index (χ0n) is 8.13. The normalized spacial score (nSPS) is 9.93. The molecule has 0 aromatic heterocycles. The molecular formula is C10H12FNO2. The van der Waals surface area contributed by atoms with Crippen LogP contribution >= 0.6 is 0 Å². The largest absolute Gasteiger partial charge is 0.465 e. The van der Waals surface area contributed by atoms with E-state index < -0.39 is 11.8 Å². The quantitative estimate of drug-likeness (QED) is 0.580. The number of hydrogen-bond acceptors (Lipinski definition) is 3. The van der Waals surface area contributed by atoms with Crippen molar-refractivity contribution < 1.29 is 13.9 Å². The lowest BCUT2D eigenvalue weighted by Crippen LogP contribution is -2.09. The minimum Gasteiger partial charge on any atom is -0.465 e. The fourth-order valence-corrected chi connectivity index (χ4v) is 1.21. The molecule has 0 spiro atoms. The van der Waals surface area contributed by atoms with Crippen LogP contribution in [0.3, 0.4) is 0 Å². The Kier molecular flexibility index (Phi) is 3.06. The van der Waals surface area contributed by atoms with E-state index in [1.807, 2.05) is 6.92 Å². The van der Waals surface area contributed by atoms with Crippen LogP contribution in [-0.2, 0) is 11.2 Å². The van der Waals surface area contributed by atoms with Crippen molar-refractivity contribution in [3.63, 3.8) is 0 Å². The zero-order valence-corrected chi connectivity index (χ0v) is 8.13. The van der Waals surface area contributed by atoms with Crippen LogP contribution in [0.2, 0.25) is 0 Å². The van der Waals surface area contributed by atoms with Gasteiger partial charge in [0.2, 0.25) is 0 Å². The monoisotopic (exact) mass is 197 g/mol. The molecule has 0 bridgehead atoms. The number of carbonyl (C=O) groups is 1. The standard InChI is InChI=1S/C10H12FNO2/c1-3-6-4-7(11)9(8(12)5-6)10(13)14-2/h4-5H,3,12H2,1-2H3. The second-order valence-corrected chi connectivity index (χ2v) is 2.89. The van der Waals surface area contributed by atoms with Crippen LogP contribution in [0.15, 0.2) is 12.1 Å². The predicted molar refractivity (Wildman–Crippen MR) is 51.5 cm³/mol.